The highest BCUT2D eigenvalue weighted by Crippen LogP contribution is 2.28. The van der Waals surface area contributed by atoms with E-state index in [9.17, 15) is 50.4 Å². The number of hydrogen-bond donors (Lipinski definition) is 3. The van der Waals surface area contributed by atoms with Crippen LogP contribution in [0.25, 0.3) is 5.69 Å². The lowest BCUT2D eigenvalue weighted by molar-refractivity contribution is -0.144. The van der Waals surface area contributed by atoms with Crippen LogP contribution >= 0.6 is 34.3 Å². The van der Waals surface area contributed by atoms with Gasteiger partial charge in [-0.2, -0.15) is 31.2 Å². The quantitative estimate of drug-likeness (QED) is 0.178. The van der Waals surface area contributed by atoms with Crippen molar-refractivity contribution in [2.24, 2.45) is 7.05 Å². The number of benzene rings is 1. The molecule has 1 unspecified atom stereocenters. The third-order valence-corrected chi connectivity index (χ3v) is 11.2. The van der Waals surface area contributed by atoms with Gasteiger partial charge in [-0.05, 0) is 50.8 Å². The van der Waals surface area contributed by atoms with Crippen molar-refractivity contribution in [2.45, 2.75) is 52.4 Å². The number of aryl methyl sites for hydroxylation is 1. The molecule has 0 radical (unpaired) electrons. The number of amides is 2. The van der Waals surface area contributed by atoms with Gasteiger partial charge in [0.25, 0.3) is 17.4 Å². The third-order valence-electron chi connectivity index (χ3n) is 7.26. The fraction of sp³-hybridized carbons (Fsp3) is 0.355. The normalized spacial score (nSPS) is 12.2. The first-order chi connectivity index (χ1) is 24.7. The minimum atomic E-state index is -5.04. The number of carbonyl (C=O) groups is 2. The van der Waals surface area contributed by atoms with E-state index in [2.05, 4.69) is 21.7 Å². The molecular formula is C31H33ClF4N8O6S3. The zero-order chi connectivity index (χ0) is 40.0. The molecule has 53 heavy (non-hydrogen) atoms. The van der Waals surface area contributed by atoms with Crippen molar-refractivity contribution < 1.29 is 35.6 Å². The summed E-state index contributed by atoms with van der Waals surface area (Å²) in [5.41, 5.74) is -5.42. The van der Waals surface area contributed by atoms with Crippen LogP contribution in [0, 0.1) is 17.1 Å². The second-order valence-electron chi connectivity index (χ2n) is 11.1. The Labute approximate surface area is 313 Å². The van der Waals surface area contributed by atoms with Gasteiger partial charge in [0.2, 0.25) is 0 Å². The first-order valence-corrected chi connectivity index (χ1v) is 18.9. The maximum absolute atomic E-state index is 14.5. The van der Waals surface area contributed by atoms with Gasteiger partial charge in [0.1, 0.15) is 16.4 Å². The zero-order valence-corrected chi connectivity index (χ0v) is 32.0. The van der Waals surface area contributed by atoms with E-state index in [0.29, 0.717) is 23.4 Å². The molecule has 0 bridgehead atoms. The van der Waals surface area contributed by atoms with E-state index in [1.54, 1.807) is 4.72 Å². The van der Waals surface area contributed by atoms with Gasteiger partial charge in [-0.3, -0.25) is 19.0 Å². The fourth-order valence-electron chi connectivity index (χ4n) is 4.34. The molecule has 0 saturated carbocycles. The highest BCUT2D eigenvalue weighted by atomic mass is 35.5. The zero-order valence-electron chi connectivity index (χ0n) is 28.8. The van der Waals surface area contributed by atoms with Crippen molar-refractivity contribution in [3.63, 3.8) is 0 Å². The second kappa shape index (κ2) is 17.5. The second-order valence-corrected chi connectivity index (χ2v) is 15.2. The van der Waals surface area contributed by atoms with Gasteiger partial charge in [0.15, 0.2) is 11.2 Å². The average molecular weight is 821 g/mol. The Hall–Kier alpha value is -4.62. The summed E-state index contributed by atoms with van der Waals surface area (Å²) in [5, 5.41) is 17.2. The predicted molar refractivity (Wildman–Crippen MR) is 192 cm³/mol. The number of aromatic nitrogens is 3. The standard InChI is InChI=1S/C17H17ClF4N4O5S.C14H16N4OS2/c1-8(2)25(4)32(30,31)23-15(28)9-5-12(11(19)6-10(9)18)26-14(27)7-13(17(20,21)22)24(3)16(26)29;1-3-9-12(21-14(18-9)16-4-2)13(19)17-10(8-15)11-6-5-7-20-11/h5-8H,1-4H3,(H,23,28);5-7,10H,3-4H2,1-2H3,(H,16,18)(H,17,19). The van der Waals surface area contributed by atoms with Crippen LogP contribution in [0.1, 0.15) is 70.0 Å². The first-order valence-electron chi connectivity index (χ1n) is 15.4. The number of carbonyl (C=O) groups excluding carboxylic acids is 2. The molecule has 0 spiro atoms. The van der Waals surface area contributed by atoms with Crippen molar-refractivity contribution in [3.05, 3.63) is 94.1 Å². The van der Waals surface area contributed by atoms with Gasteiger partial charge in [-0.25, -0.2) is 23.5 Å². The Morgan fingerprint density at radius 3 is 2.34 bits per heavy atom. The molecule has 0 aliphatic rings. The molecule has 4 rings (SSSR count). The number of rotatable bonds is 11. The fourth-order valence-corrected chi connectivity index (χ4v) is 7.36. The SMILES string of the molecule is CC(C)N(C)S(=O)(=O)NC(=O)c1cc(-n2c(=O)cc(C(F)(F)F)n(C)c2=O)c(F)cc1Cl.CCNc1nc(CC)c(C(=O)NC(C#N)c2cccs2)s1. The molecule has 0 aliphatic carbocycles. The monoisotopic (exact) mass is 820 g/mol. The first kappa shape index (κ1) is 42.8. The number of anilines is 1. The number of alkyl halides is 3. The minimum Gasteiger partial charge on any atom is -0.362 e. The van der Waals surface area contributed by atoms with Gasteiger partial charge >= 0.3 is 22.1 Å². The molecule has 4 aromatic rings. The number of halogens is 5. The van der Waals surface area contributed by atoms with E-state index in [1.165, 1.54) is 43.6 Å². The Morgan fingerprint density at radius 2 is 1.81 bits per heavy atom. The number of hydrogen-bond acceptors (Lipinski definition) is 11. The summed E-state index contributed by atoms with van der Waals surface area (Å²) in [6.07, 6.45) is -4.35. The van der Waals surface area contributed by atoms with Crippen LogP contribution in [0.4, 0.5) is 22.7 Å². The van der Waals surface area contributed by atoms with Crippen LogP contribution in [0.5, 0.6) is 0 Å². The Balaban J connectivity index is 0.000000311. The summed E-state index contributed by atoms with van der Waals surface area (Å²) in [4.78, 5) is 55.3. The van der Waals surface area contributed by atoms with E-state index < -0.39 is 73.4 Å². The van der Waals surface area contributed by atoms with Gasteiger partial charge in [0.05, 0.1) is 28.0 Å². The van der Waals surface area contributed by atoms with Crippen LogP contribution in [0.2, 0.25) is 5.02 Å². The number of nitriles is 1. The highest BCUT2D eigenvalue weighted by Gasteiger charge is 2.35. The summed E-state index contributed by atoms with van der Waals surface area (Å²) >= 11 is 8.60. The molecule has 3 aromatic heterocycles. The molecule has 0 aliphatic heterocycles. The van der Waals surface area contributed by atoms with E-state index in [4.69, 9.17) is 11.6 Å². The summed E-state index contributed by atoms with van der Waals surface area (Å²) in [6, 6.07) is 5.87. The number of thiazole rings is 1. The van der Waals surface area contributed by atoms with Crippen LogP contribution in [-0.4, -0.2) is 58.3 Å². The van der Waals surface area contributed by atoms with Crippen LogP contribution in [0.15, 0.2) is 45.3 Å². The predicted octanol–water partition coefficient (Wildman–Crippen LogP) is 4.86. The highest BCUT2D eigenvalue weighted by molar-refractivity contribution is 7.87. The Bertz CT molecular complexity index is 2250. The lowest BCUT2D eigenvalue weighted by Crippen LogP contribution is -2.44. The molecule has 3 N–H and O–H groups in total. The van der Waals surface area contributed by atoms with E-state index >= 15 is 0 Å². The van der Waals surface area contributed by atoms with E-state index in [-0.39, 0.29) is 21.1 Å². The van der Waals surface area contributed by atoms with Gasteiger partial charge in [-0.15, -0.1) is 11.3 Å². The molecule has 1 atom stereocenters. The third kappa shape index (κ3) is 10.1. The van der Waals surface area contributed by atoms with E-state index in [1.807, 2.05) is 31.4 Å². The maximum atomic E-state index is 14.5. The maximum Gasteiger partial charge on any atom is 0.431 e. The number of nitrogens with zero attached hydrogens (tertiary/aromatic N) is 5. The largest absolute Gasteiger partial charge is 0.431 e. The smallest absolute Gasteiger partial charge is 0.362 e. The molecule has 22 heteroatoms. The van der Waals surface area contributed by atoms with Crippen molar-refractivity contribution in [2.75, 3.05) is 18.9 Å². The van der Waals surface area contributed by atoms with E-state index in [0.717, 1.165) is 33.6 Å². The topological polar surface area (TPSA) is 188 Å². The van der Waals surface area contributed by atoms with Crippen LogP contribution in [-0.2, 0) is 29.9 Å². The van der Waals surface area contributed by atoms with Crippen molar-refractivity contribution >= 4 is 61.4 Å². The molecule has 14 nitrogen and oxygen atoms in total. The molecule has 3 heterocycles. The lowest BCUT2D eigenvalue weighted by atomic mass is 10.1. The minimum absolute atomic E-state index is 0.0619. The van der Waals surface area contributed by atoms with Crippen molar-refractivity contribution in [3.8, 4) is 11.8 Å². The molecule has 0 saturated heterocycles. The van der Waals surface area contributed by atoms with Gasteiger partial charge in [-0.1, -0.05) is 35.9 Å². The molecule has 2 amide bonds. The summed E-state index contributed by atoms with van der Waals surface area (Å²) in [6.45, 7) is 7.75. The molecule has 0 fully saturated rings. The summed E-state index contributed by atoms with van der Waals surface area (Å²) in [5.74, 6) is -2.87. The molecular weight excluding hydrogens is 788 g/mol. The number of thiophene rings is 1. The Kier molecular flexibility index (Phi) is 14.1. The average Bonchev–Trinajstić information content (AvgIpc) is 3.76. The van der Waals surface area contributed by atoms with Gasteiger partial charge < -0.3 is 10.6 Å². The van der Waals surface area contributed by atoms with Crippen molar-refractivity contribution in [1.82, 2.24) is 28.5 Å². The summed E-state index contributed by atoms with van der Waals surface area (Å²) < 4.78 is 80.7. The molecule has 286 valence electrons. The molecule has 1 aromatic carbocycles. The lowest BCUT2D eigenvalue weighted by Gasteiger charge is -2.21. The van der Waals surface area contributed by atoms with Crippen LogP contribution < -0.4 is 26.6 Å². The summed E-state index contributed by atoms with van der Waals surface area (Å²) in [7, 11) is -2.43. The number of nitrogens with one attached hydrogen (secondary N) is 3. The van der Waals surface area contributed by atoms with Crippen LogP contribution in [0.3, 0.4) is 0 Å². The van der Waals surface area contributed by atoms with Gasteiger partial charge in [0, 0.05) is 37.6 Å². The Morgan fingerprint density at radius 1 is 1.15 bits per heavy atom. The van der Waals surface area contributed by atoms with Crippen molar-refractivity contribution in [1.29, 1.82) is 5.26 Å².